The summed E-state index contributed by atoms with van der Waals surface area (Å²) in [5.74, 6) is 0. The molecule has 100 valence electrons. The summed E-state index contributed by atoms with van der Waals surface area (Å²) in [4.78, 5) is 4.14. The first-order valence-corrected chi connectivity index (χ1v) is 7.66. The number of rotatable bonds is 3. The summed E-state index contributed by atoms with van der Waals surface area (Å²) in [5.41, 5.74) is 0.600. The minimum absolute atomic E-state index is 0.00471. The Morgan fingerprint density at radius 3 is 2.89 bits per heavy atom. The Bertz CT molecular complexity index is 489. The molecule has 18 heavy (non-hydrogen) atoms. The molecule has 1 N–H and O–H groups in total. The Balaban J connectivity index is 2.25. The molecule has 0 radical (unpaired) electrons. The lowest BCUT2D eigenvalue weighted by atomic mass is 10.3. The molecule has 2 rings (SSSR count). The first-order valence-electron chi connectivity index (χ1n) is 6.16. The van der Waals surface area contributed by atoms with E-state index < -0.39 is 15.3 Å². The first kappa shape index (κ1) is 13.5. The minimum Gasteiger partial charge on any atom is -0.314 e. The van der Waals surface area contributed by atoms with E-state index in [1.807, 2.05) is 13.0 Å². The molecule has 1 saturated heterocycles. The third kappa shape index (κ3) is 2.55. The zero-order valence-corrected chi connectivity index (χ0v) is 11.5. The molecule has 5 nitrogen and oxygen atoms in total. The third-order valence-electron chi connectivity index (χ3n) is 3.32. The Morgan fingerprint density at radius 1 is 1.50 bits per heavy atom. The van der Waals surface area contributed by atoms with Crippen LogP contribution in [-0.2, 0) is 10.0 Å². The van der Waals surface area contributed by atoms with Crippen molar-refractivity contribution in [3.05, 3.63) is 30.1 Å². The molecule has 2 unspecified atom stereocenters. The largest absolute Gasteiger partial charge is 0.314 e. The highest BCUT2D eigenvalue weighted by Crippen LogP contribution is 2.25. The zero-order valence-electron chi connectivity index (χ0n) is 10.7. The van der Waals surface area contributed by atoms with Crippen LogP contribution in [0.15, 0.2) is 24.4 Å². The van der Waals surface area contributed by atoms with Crippen LogP contribution in [0.3, 0.4) is 0 Å². The maximum absolute atomic E-state index is 12.6. The predicted molar refractivity (Wildman–Crippen MR) is 70.6 cm³/mol. The van der Waals surface area contributed by atoms with Gasteiger partial charge < -0.3 is 5.32 Å². The van der Waals surface area contributed by atoms with Crippen LogP contribution < -0.4 is 5.32 Å². The fourth-order valence-corrected chi connectivity index (χ4v) is 3.95. The van der Waals surface area contributed by atoms with Gasteiger partial charge in [-0.1, -0.05) is 6.07 Å². The van der Waals surface area contributed by atoms with Crippen LogP contribution in [-0.4, -0.2) is 43.4 Å². The van der Waals surface area contributed by atoms with E-state index in [2.05, 4.69) is 10.3 Å². The van der Waals surface area contributed by atoms with Gasteiger partial charge in [-0.15, -0.1) is 0 Å². The van der Waals surface area contributed by atoms with Crippen molar-refractivity contribution in [2.24, 2.45) is 0 Å². The van der Waals surface area contributed by atoms with Crippen molar-refractivity contribution in [3.63, 3.8) is 0 Å². The lowest BCUT2D eigenvalue weighted by Gasteiger charge is -2.34. The Labute approximate surface area is 108 Å². The molecule has 0 amide bonds. The maximum Gasteiger partial charge on any atom is 0.222 e. The fourth-order valence-electron chi connectivity index (χ4n) is 2.17. The van der Waals surface area contributed by atoms with Gasteiger partial charge in [0, 0.05) is 31.9 Å². The number of hydrogen-bond acceptors (Lipinski definition) is 4. The van der Waals surface area contributed by atoms with Crippen molar-refractivity contribution in [1.82, 2.24) is 14.6 Å². The van der Waals surface area contributed by atoms with E-state index in [0.717, 1.165) is 0 Å². The second-order valence-corrected chi connectivity index (χ2v) is 6.81. The average molecular weight is 269 g/mol. The summed E-state index contributed by atoms with van der Waals surface area (Å²) < 4.78 is 26.7. The molecule has 0 bridgehead atoms. The van der Waals surface area contributed by atoms with Crippen LogP contribution in [0, 0.1) is 0 Å². The van der Waals surface area contributed by atoms with Crippen LogP contribution in [0.1, 0.15) is 24.8 Å². The summed E-state index contributed by atoms with van der Waals surface area (Å²) in [6, 6.07) is 5.36. The van der Waals surface area contributed by atoms with Gasteiger partial charge >= 0.3 is 0 Å². The summed E-state index contributed by atoms with van der Waals surface area (Å²) in [6.07, 6.45) is 1.63. The van der Waals surface area contributed by atoms with Gasteiger partial charge in [-0.25, -0.2) is 8.42 Å². The lowest BCUT2D eigenvalue weighted by molar-refractivity contribution is 0.281. The molecule has 1 fully saturated rings. The molecule has 2 heterocycles. The number of hydrogen-bond donors (Lipinski definition) is 1. The first-order chi connectivity index (χ1) is 8.53. The summed E-state index contributed by atoms with van der Waals surface area (Å²) >= 11 is 0. The smallest absolute Gasteiger partial charge is 0.222 e. The highest BCUT2D eigenvalue weighted by atomic mass is 32.2. The third-order valence-corrected chi connectivity index (χ3v) is 5.65. The van der Waals surface area contributed by atoms with E-state index in [9.17, 15) is 8.42 Å². The Hall–Kier alpha value is -0.980. The molecule has 1 aliphatic heterocycles. The van der Waals surface area contributed by atoms with E-state index in [1.165, 1.54) is 0 Å². The topological polar surface area (TPSA) is 62.3 Å². The fraction of sp³-hybridized carbons (Fsp3) is 0.583. The molecule has 0 spiro atoms. The predicted octanol–water partition coefficient (Wildman–Crippen LogP) is 0.766. The highest BCUT2D eigenvalue weighted by molar-refractivity contribution is 7.89. The summed E-state index contributed by atoms with van der Waals surface area (Å²) in [5, 5.41) is 2.60. The van der Waals surface area contributed by atoms with E-state index in [-0.39, 0.29) is 6.04 Å². The summed E-state index contributed by atoms with van der Waals surface area (Å²) in [6.45, 7) is 5.56. The zero-order chi connectivity index (χ0) is 13.2. The molecule has 1 aliphatic rings. The molecule has 2 atom stereocenters. The van der Waals surface area contributed by atoms with Crippen LogP contribution in [0.4, 0.5) is 0 Å². The van der Waals surface area contributed by atoms with Crippen molar-refractivity contribution in [2.75, 3.05) is 19.6 Å². The Kier molecular flexibility index (Phi) is 3.99. The van der Waals surface area contributed by atoms with Gasteiger partial charge in [-0.2, -0.15) is 4.31 Å². The van der Waals surface area contributed by atoms with Crippen molar-refractivity contribution in [2.45, 2.75) is 25.1 Å². The van der Waals surface area contributed by atoms with Gasteiger partial charge in [-0.3, -0.25) is 4.98 Å². The molecular formula is C12H19N3O2S. The van der Waals surface area contributed by atoms with Crippen molar-refractivity contribution in [3.8, 4) is 0 Å². The van der Waals surface area contributed by atoms with Gasteiger partial charge in [0.25, 0.3) is 0 Å². The molecule has 6 heteroatoms. The van der Waals surface area contributed by atoms with Crippen LogP contribution >= 0.6 is 0 Å². The van der Waals surface area contributed by atoms with Crippen LogP contribution in [0.25, 0.3) is 0 Å². The average Bonchev–Trinajstić information content (AvgIpc) is 2.39. The molecular weight excluding hydrogens is 250 g/mol. The quantitative estimate of drug-likeness (QED) is 0.880. The van der Waals surface area contributed by atoms with Gasteiger partial charge in [0.05, 0.1) is 5.69 Å². The molecule has 0 aromatic carbocycles. The normalized spacial score (nSPS) is 23.8. The van der Waals surface area contributed by atoms with Gasteiger partial charge in [0.15, 0.2) is 0 Å². The molecule has 0 saturated carbocycles. The van der Waals surface area contributed by atoms with Crippen LogP contribution in [0.5, 0.6) is 0 Å². The second-order valence-electron chi connectivity index (χ2n) is 4.61. The van der Waals surface area contributed by atoms with E-state index in [4.69, 9.17) is 0 Å². The lowest BCUT2D eigenvalue weighted by Crippen LogP contribution is -2.53. The highest BCUT2D eigenvalue weighted by Gasteiger charge is 2.34. The van der Waals surface area contributed by atoms with E-state index in [1.54, 1.807) is 29.6 Å². The SMILES string of the molecule is CC1CNCCN1S(=O)(=O)C(C)c1ccccn1. The van der Waals surface area contributed by atoms with Gasteiger partial charge in [0.1, 0.15) is 5.25 Å². The molecule has 1 aromatic rings. The van der Waals surface area contributed by atoms with Gasteiger partial charge in [-0.05, 0) is 26.0 Å². The van der Waals surface area contributed by atoms with Crippen molar-refractivity contribution in [1.29, 1.82) is 0 Å². The number of aromatic nitrogens is 1. The van der Waals surface area contributed by atoms with Crippen molar-refractivity contribution < 1.29 is 8.42 Å². The standard InChI is InChI=1S/C12H19N3O2S/c1-10-9-13-7-8-15(10)18(16,17)11(2)12-5-3-4-6-14-12/h3-6,10-11,13H,7-9H2,1-2H3. The van der Waals surface area contributed by atoms with Crippen molar-refractivity contribution >= 4 is 10.0 Å². The minimum atomic E-state index is -3.33. The van der Waals surface area contributed by atoms with Crippen LogP contribution in [0.2, 0.25) is 0 Å². The number of piperazine rings is 1. The second kappa shape index (κ2) is 5.34. The number of nitrogens with one attached hydrogen (secondary N) is 1. The number of nitrogens with zero attached hydrogens (tertiary/aromatic N) is 2. The monoisotopic (exact) mass is 269 g/mol. The van der Waals surface area contributed by atoms with Gasteiger partial charge in [0.2, 0.25) is 10.0 Å². The van der Waals surface area contributed by atoms with E-state index >= 15 is 0 Å². The number of sulfonamides is 1. The summed E-state index contributed by atoms with van der Waals surface area (Å²) in [7, 11) is -3.33. The maximum atomic E-state index is 12.6. The number of pyridine rings is 1. The van der Waals surface area contributed by atoms with E-state index in [0.29, 0.717) is 25.3 Å². The molecule has 0 aliphatic carbocycles. The molecule has 1 aromatic heterocycles. The Morgan fingerprint density at radius 2 is 2.28 bits per heavy atom.